The predicted molar refractivity (Wildman–Crippen MR) is 65.7 cm³/mol. The van der Waals surface area contributed by atoms with Crippen molar-refractivity contribution in [3.8, 4) is 5.75 Å². The summed E-state index contributed by atoms with van der Waals surface area (Å²) in [6, 6.07) is 5.40. The molecular weight excluding hydrogens is 234 g/mol. The Kier molecular flexibility index (Phi) is 3.84. The number of carboxylic acids is 1. The van der Waals surface area contributed by atoms with E-state index in [4.69, 9.17) is 9.84 Å². The molecule has 0 bridgehead atoms. The van der Waals surface area contributed by atoms with Gasteiger partial charge < -0.3 is 20.3 Å². The Labute approximate surface area is 105 Å². The lowest BCUT2D eigenvalue weighted by Crippen LogP contribution is -2.43. The lowest BCUT2D eigenvalue weighted by Gasteiger charge is -2.31. The maximum atomic E-state index is 10.4. The maximum Gasteiger partial charge on any atom is 0.304 e. The van der Waals surface area contributed by atoms with Crippen molar-refractivity contribution in [2.75, 3.05) is 13.2 Å². The van der Waals surface area contributed by atoms with Crippen LogP contribution < -0.4 is 10.1 Å². The van der Waals surface area contributed by atoms with Gasteiger partial charge in [0.05, 0.1) is 12.5 Å². The molecule has 1 heterocycles. The average molecular weight is 251 g/mol. The van der Waals surface area contributed by atoms with E-state index in [1.807, 2.05) is 25.1 Å². The van der Waals surface area contributed by atoms with Crippen LogP contribution in [-0.4, -0.2) is 35.4 Å². The second-order valence-corrected chi connectivity index (χ2v) is 4.50. The molecular formula is C13H17NO4. The normalized spacial score (nSPS) is 22.1. The first kappa shape index (κ1) is 12.9. The van der Waals surface area contributed by atoms with Gasteiger partial charge in [-0.25, -0.2) is 0 Å². The van der Waals surface area contributed by atoms with Crippen LogP contribution in [0.2, 0.25) is 0 Å². The third-order valence-electron chi connectivity index (χ3n) is 3.03. The minimum atomic E-state index is -0.857. The second-order valence-electron chi connectivity index (χ2n) is 4.50. The van der Waals surface area contributed by atoms with E-state index >= 15 is 0 Å². The van der Waals surface area contributed by atoms with Crippen molar-refractivity contribution >= 4 is 5.97 Å². The van der Waals surface area contributed by atoms with Gasteiger partial charge in [0.15, 0.2) is 0 Å². The highest BCUT2D eigenvalue weighted by molar-refractivity contribution is 5.66. The summed E-state index contributed by atoms with van der Waals surface area (Å²) in [5.74, 6) is -0.150. The van der Waals surface area contributed by atoms with E-state index in [0.717, 1.165) is 11.1 Å². The van der Waals surface area contributed by atoms with Crippen LogP contribution in [0.5, 0.6) is 5.75 Å². The monoisotopic (exact) mass is 251 g/mol. The number of aliphatic carboxylic acids is 1. The summed E-state index contributed by atoms with van der Waals surface area (Å²) < 4.78 is 5.57. The van der Waals surface area contributed by atoms with Crippen LogP contribution >= 0.6 is 0 Å². The fourth-order valence-corrected chi connectivity index (χ4v) is 2.03. The highest BCUT2D eigenvalue weighted by Gasteiger charge is 2.28. The molecule has 1 aromatic carbocycles. The zero-order chi connectivity index (χ0) is 13.1. The third-order valence-corrected chi connectivity index (χ3v) is 3.03. The Morgan fingerprint density at radius 2 is 2.33 bits per heavy atom. The van der Waals surface area contributed by atoms with Crippen LogP contribution in [-0.2, 0) is 4.79 Å². The molecule has 1 aliphatic heterocycles. The molecule has 18 heavy (non-hydrogen) atoms. The van der Waals surface area contributed by atoms with Gasteiger partial charge in [0.2, 0.25) is 0 Å². The highest BCUT2D eigenvalue weighted by Crippen LogP contribution is 2.32. The van der Waals surface area contributed by atoms with Crippen molar-refractivity contribution in [1.29, 1.82) is 0 Å². The third kappa shape index (κ3) is 2.80. The molecule has 1 aliphatic rings. The topological polar surface area (TPSA) is 78.8 Å². The van der Waals surface area contributed by atoms with Crippen LogP contribution in [0.4, 0.5) is 0 Å². The first-order valence-electron chi connectivity index (χ1n) is 5.94. The van der Waals surface area contributed by atoms with Gasteiger partial charge in [0, 0.05) is 12.1 Å². The SMILES string of the molecule is Cc1ccc2c(c1)OC[C@H](NCCC(=O)O)[C@@H]2O. The van der Waals surface area contributed by atoms with E-state index in [-0.39, 0.29) is 12.5 Å². The number of rotatable bonds is 4. The molecule has 0 amide bonds. The first-order valence-corrected chi connectivity index (χ1v) is 5.94. The van der Waals surface area contributed by atoms with Crippen molar-refractivity contribution in [2.45, 2.75) is 25.5 Å². The number of aryl methyl sites for hydroxylation is 1. The van der Waals surface area contributed by atoms with Gasteiger partial charge in [-0.05, 0) is 18.6 Å². The molecule has 1 aromatic rings. The van der Waals surface area contributed by atoms with Crippen molar-refractivity contribution < 1.29 is 19.7 Å². The fourth-order valence-electron chi connectivity index (χ4n) is 2.03. The minimum Gasteiger partial charge on any atom is -0.491 e. The Bertz CT molecular complexity index is 447. The number of aliphatic hydroxyl groups is 1. The zero-order valence-corrected chi connectivity index (χ0v) is 10.2. The Balaban J connectivity index is 2.01. The molecule has 2 atom stereocenters. The number of hydrogen-bond acceptors (Lipinski definition) is 4. The molecule has 5 nitrogen and oxygen atoms in total. The van der Waals surface area contributed by atoms with Gasteiger partial charge in [0.1, 0.15) is 18.5 Å². The fraction of sp³-hybridized carbons (Fsp3) is 0.462. The van der Waals surface area contributed by atoms with Gasteiger partial charge >= 0.3 is 5.97 Å². The standard InChI is InChI=1S/C13H17NO4/c1-8-2-3-9-11(6-8)18-7-10(13(9)17)14-5-4-12(15)16/h2-3,6,10,13-14,17H,4-5,7H2,1H3,(H,15,16)/t10-,13+/m0/s1. The largest absolute Gasteiger partial charge is 0.491 e. The molecule has 0 saturated heterocycles. The molecule has 0 radical (unpaired) electrons. The van der Waals surface area contributed by atoms with Crippen LogP contribution in [0, 0.1) is 6.92 Å². The van der Waals surface area contributed by atoms with Crippen LogP contribution in [0.15, 0.2) is 18.2 Å². The Hall–Kier alpha value is -1.59. The molecule has 0 saturated carbocycles. The smallest absolute Gasteiger partial charge is 0.304 e. The molecule has 0 aromatic heterocycles. The summed E-state index contributed by atoms with van der Waals surface area (Å²) in [4.78, 5) is 10.4. The minimum absolute atomic E-state index is 0.0317. The lowest BCUT2D eigenvalue weighted by atomic mass is 9.98. The molecule has 2 rings (SSSR count). The summed E-state index contributed by atoms with van der Waals surface area (Å²) in [5.41, 5.74) is 1.83. The number of hydrogen-bond donors (Lipinski definition) is 3. The second kappa shape index (κ2) is 5.37. The Morgan fingerprint density at radius 1 is 1.56 bits per heavy atom. The van der Waals surface area contributed by atoms with Crippen LogP contribution in [0.3, 0.4) is 0 Å². The zero-order valence-electron chi connectivity index (χ0n) is 10.2. The molecule has 0 fully saturated rings. The number of benzene rings is 1. The molecule has 5 heteroatoms. The average Bonchev–Trinajstić information content (AvgIpc) is 2.31. The summed E-state index contributed by atoms with van der Waals surface area (Å²) in [6.07, 6.45) is -0.632. The first-order chi connectivity index (χ1) is 8.58. The van der Waals surface area contributed by atoms with Gasteiger partial charge in [-0.15, -0.1) is 0 Å². The summed E-state index contributed by atoms with van der Waals surface area (Å²) in [6.45, 7) is 2.63. The van der Waals surface area contributed by atoms with Gasteiger partial charge in [-0.2, -0.15) is 0 Å². The number of ether oxygens (including phenoxy) is 1. The van der Waals surface area contributed by atoms with E-state index < -0.39 is 12.1 Å². The summed E-state index contributed by atoms with van der Waals surface area (Å²) >= 11 is 0. The van der Waals surface area contributed by atoms with E-state index in [9.17, 15) is 9.90 Å². The van der Waals surface area contributed by atoms with Crippen LogP contribution in [0.25, 0.3) is 0 Å². The van der Waals surface area contributed by atoms with E-state index in [1.54, 1.807) is 0 Å². The van der Waals surface area contributed by atoms with Gasteiger partial charge in [-0.3, -0.25) is 4.79 Å². The van der Waals surface area contributed by atoms with E-state index in [2.05, 4.69) is 5.32 Å². The molecule has 0 aliphatic carbocycles. The molecule has 0 spiro atoms. The summed E-state index contributed by atoms with van der Waals surface area (Å²) in [7, 11) is 0. The highest BCUT2D eigenvalue weighted by atomic mass is 16.5. The number of aliphatic hydroxyl groups excluding tert-OH is 1. The number of fused-ring (bicyclic) bond motifs is 1. The lowest BCUT2D eigenvalue weighted by molar-refractivity contribution is -0.137. The van der Waals surface area contributed by atoms with Crippen molar-refractivity contribution in [3.63, 3.8) is 0 Å². The van der Waals surface area contributed by atoms with Crippen molar-refractivity contribution in [1.82, 2.24) is 5.32 Å². The molecule has 3 N–H and O–H groups in total. The van der Waals surface area contributed by atoms with Gasteiger partial charge in [-0.1, -0.05) is 12.1 Å². The number of nitrogens with one attached hydrogen (secondary N) is 1. The van der Waals surface area contributed by atoms with E-state index in [1.165, 1.54) is 0 Å². The van der Waals surface area contributed by atoms with E-state index in [0.29, 0.717) is 18.9 Å². The summed E-state index contributed by atoms with van der Waals surface area (Å²) in [5, 5.41) is 21.8. The Morgan fingerprint density at radius 3 is 3.06 bits per heavy atom. The maximum absolute atomic E-state index is 10.4. The number of carboxylic acid groups (broad SMARTS) is 1. The number of carbonyl (C=O) groups is 1. The quantitative estimate of drug-likeness (QED) is 0.739. The molecule has 0 unspecified atom stereocenters. The predicted octanol–water partition coefficient (Wildman–Crippen LogP) is 0.854. The van der Waals surface area contributed by atoms with Crippen molar-refractivity contribution in [2.24, 2.45) is 0 Å². The van der Waals surface area contributed by atoms with Crippen molar-refractivity contribution in [3.05, 3.63) is 29.3 Å². The van der Waals surface area contributed by atoms with Gasteiger partial charge in [0.25, 0.3) is 0 Å². The molecule has 98 valence electrons. The van der Waals surface area contributed by atoms with Crippen LogP contribution in [0.1, 0.15) is 23.7 Å².